The number of hydrogen-bond donors (Lipinski definition) is 1. The van der Waals surface area contributed by atoms with Gasteiger partial charge in [0.2, 0.25) is 5.91 Å². The second-order valence-corrected chi connectivity index (χ2v) is 8.64. The summed E-state index contributed by atoms with van der Waals surface area (Å²) in [6, 6.07) is 5.95. The van der Waals surface area contributed by atoms with Crippen molar-refractivity contribution >= 4 is 39.1 Å². The van der Waals surface area contributed by atoms with Crippen LogP contribution in [0.5, 0.6) is 0 Å². The molecule has 2 fully saturated rings. The fourth-order valence-electron chi connectivity index (χ4n) is 3.78. The number of thiazole rings is 1. The maximum absolute atomic E-state index is 12.3. The predicted octanol–water partition coefficient (Wildman–Crippen LogP) is 1.60. The number of fused-ring (bicyclic) bond motifs is 1. The summed E-state index contributed by atoms with van der Waals surface area (Å²) in [7, 11) is 1.95. The highest BCUT2D eigenvalue weighted by Gasteiger charge is 2.24. The van der Waals surface area contributed by atoms with Crippen LogP contribution in [-0.4, -0.2) is 76.7 Å². The lowest BCUT2D eigenvalue weighted by Gasteiger charge is -2.31. The molecule has 5 rings (SSSR count). The van der Waals surface area contributed by atoms with Crippen LogP contribution in [0.3, 0.4) is 0 Å². The molecule has 5 heterocycles. The number of hydrogen-bond acceptors (Lipinski definition) is 8. The average Bonchev–Trinajstić information content (AvgIpc) is 3.34. The molecule has 3 aromatic rings. The van der Waals surface area contributed by atoms with Gasteiger partial charge < -0.3 is 10.0 Å². The molecule has 0 saturated carbocycles. The van der Waals surface area contributed by atoms with Crippen molar-refractivity contribution in [1.29, 1.82) is 0 Å². The summed E-state index contributed by atoms with van der Waals surface area (Å²) < 4.78 is 1.00. The van der Waals surface area contributed by atoms with Gasteiger partial charge in [0, 0.05) is 44.0 Å². The summed E-state index contributed by atoms with van der Waals surface area (Å²) in [5.74, 6) is 1.64. The van der Waals surface area contributed by atoms with E-state index in [9.17, 15) is 9.90 Å². The molecule has 29 heavy (non-hydrogen) atoms. The molecule has 0 spiro atoms. The van der Waals surface area contributed by atoms with Gasteiger partial charge >= 0.3 is 0 Å². The summed E-state index contributed by atoms with van der Waals surface area (Å²) in [6.07, 6.45) is 4.08. The molecule has 1 atom stereocenters. The maximum atomic E-state index is 12.3. The topological polar surface area (TPSA) is 85.7 Å². The number of piperazine rings is 1. The van der Waals surface area contributed by atoms with Crippen LogP contribution in [0.15, 0.2) is 30.6 Å². The number of carbonyl (C=O) groups is 1. The van der Waals surface area contributed by atoms with E-state index in [2.05, 4.69) is 14.9 Å². The Bertz CT molecular complexity index is 1050. The molecule has 0 unspecified atom stereocenters. The minimum Gasteiger partial charge on any atom is -0.391 e. The van der Waals surface area contributed by atoms with Crippen molar-refractivity contribution in [3.63, 3.8) is 0 Å². The van der Waals surface area contributed by atoms with Crippen molar-refractivity contribution in [2.75, 3.05) is 49.6 Å². The first-order valence-corrected chi connectivity index (χ1v) is 10.5. The van der Waals surface area contributed by atoms with Crippen molar-refractivity contribution in [2.24, 2.45) is 0 Å². The van der Waals surface area contributed by atoms with E-state index in [4.69, 9.17) is 4.98 Å². The quantitative estimate of drug-likeness (QED) is 0.702. The van der Waals surface area contributed by atoms with E-state index in [0.29, 0.717) is 25.5 Å². The number of aliphatic hydroxyl groups excluding tert-OH is 1. The van der Waals surface area contributed by atoms with Gasteiger partial charge in [0.05, 0.1) is 23.5 Å². The number of rotatable bonds is 3. The predicted molar refractivity (Wildman–Crippen MR) is 113 cm³/mol. The van der Waals surface area contributed by atoms with Crippen molar-refractivity contribution in [2.45, 2.75) is 12.5 Å². The molecule has 3 aromatic heterocycles. The van der Waals surface area contributed by atoms with E-state index in [1.54, 1.807) is 22.4 Å². The Morgan fingerprint density at radius 2 is 2.00 bits per heavy atom. The zero-order chi connectivity index (χ0) is 20.0. The molecule has 0 bridgehead atoms. The third-order valence-electron chi connectivity index (χ3n) is 5.43. The van der Waals surface area contributed by atoms with Crippen molar-refractivity contribution in [1.82, 2.24) is 19.9 Å². The first-order valence-electron chi connectivity index (χ1n) is 9.72. The summed E-state index contributed by atoms with van der Waals surface area (Å²) >= 11 is 1.58. The second-order valence-electron chi connectivity index (χ2n) is 7.61. The van der Waals surface area contributed by atoms with Crippen LogP contribution in [0, 0.1) is 0 Å². The van der Waals surface area contributed by atoms with E-state index in [1.807, 2.05) is 36.3 Å². The Morgan fingerprint density at radius 1 is 1.14 bits per heavy atom. The molecule has 150 valence electrons. The number of nitrogens with zero attached hydrogens (tertiary/aromatic N) is 6. The van der Waals surface area contributed by atoms with Crippen molar-refractivity contribution in [3.8, 4) is 10.6 Å². The van der Waals surface area contributed by atoms with Crippen LogP contribution >= 0.6 is 11.3 Å². The summed E-state index contributed by atoms with van der Waals surface area (Å²) in [5, 5.41) is 10.6. The molecular weight excluding hydrogens is 388 g/mol. The van der Waals surface area contributed by atoms with Crippen LogP contribution in [-0.2, 0) is 4.79 Å². The fourth-order valence-corrected chi connectivity index (χ4v) is 4.73. The van der Waals surface area contributed by atoms with Crippen LogP contribution in [0.1, 0.15) is 6.42 Å². The summed E-state index contributed by atoms with van der Waals surface area (Å²) in [6.45, 7) is 3.36. The van der Waals surface area contributed by atoms with Gasteiger partial charge in [-0.25, -0.2) is 15.0 Å². The zero-order valence-electron chi connectivity index (χ0n) is 16.2. The fraction of sp³-hybridized carbons (Fsp3) is 0.400. The third kappa shape index (κ3) is 3.57. The van der Waals surface area contributed by atoms with Crippen LogP contribution in [0.25, 0.3) is 20.8 Å². The molecule has 0 aliphatic carbocycles. The molecule has 2 aliphatic rings. The third-order valence-corrected chi connectivity index (χ3v) is 6.50. The van der Waals surface area contributed by atoms with Crippen LogP contribution in [0.2, 0.25) is 0 Å². The van der Waals surface area contributed by atoms with E-state index in [0.717, 1.165) is 46.1 Å². The van der Waals surface area contributed by atoms with Gasteiger partial charge in [-0.05, 0) is 25.6 Å². The standard InChI is InChI=1S/C20H22N6O2S/c1-24-6-7-26(19(28)12-24)18-8-16-15(10-22-18)23-20(29-16)13-2-3-17(21-9-13)25-5-4-14(27)11-25/h2-3,8-10,14,27H,4-7,11-12H2,1H3/t14-/m1/s1. The minimum atomic E-state index is -0.269. The average molecular weight is 411 g/mol. The monoisotopic (exact) mass is 410 g/mol. The lowest BCUT2D eigenvalue weighted by atomic mass is 10.3. The molecule has 9 heteroatoms. The number of carbonyl (C=O) groups excluding carboxylic acids is 1. The number of aliphatic hydroxyl groups is 1. The van der Waals surface area contributed by atoms with Gasteiger partial charge in [0.15, 0.2) is 0 Å². The zero-order valence-corrected chi connectivity index (χ0v) is 17.0. The lowest BCUT2D eigenvalue weighted by Crippen LogP contribution is -2.49. The Hall–Kier alpha value is -2.62. The van der Waals surface area contributed by atoms with Gasteiger partial charge in [0.25, 0.3) is 0 Å². The molecule has 1 N–H and O–H groups in total. The van der Waals surface area contributed by atoms with Gasteiger partial charge in [-0.3, -0.25) is 14.6 Å². The molecule has 0 radical (unpaired) electrons. The van der Waals surface area contributed by atoms with E-state index >= 15 is 0 Å². The van der Waals surface area contributed by atoms with Crippen LogP contribution in [0.4, 0.5) is 11.6 Å². The highest BCUT2D eigenvalue weighted by molar-refractivity contribution is 7.21. The Balaban J connectivity index is 1.39. The van der Waals surface area contributed by atoms with Gasteiger partial charge in [-0.15, -0.1) is 11.3 Å². The van der Waals surface area contributed by atoms with E-state index < -0.39 is 0 Å². The number of amides is 1. The maximum Gasteiger partial charge on any atom is 0.242 e. The first-order chi connectivity index (χ1) is 14.1. The number of β-amino-alcohol motifs (C(OH)–C–C–N with tert-alkyl or cyclic N) is 1. The highest BCUT2D eigenvalue weighted by Crippen LogP contribution is 2.32. The number of anilines is 2. The van der Waals surface area contributed by atoms with Crippen molar-refractivity contribution in [3.05, 3.63) is 30.6 Å². The molecular formula is C20H22N6O2S. The molecule has 2 saturated heterocycles. The number of pyridine rings is 2. The highest BCUT2D eigenvalue weighted by atomic mass is 32.1. The van der Waals surface area contributed by atoms with Gasteiger partial charge in [-0.2, -0.15) is 0 Å². The molecule has 2 aliphatic heterocycles. The Kier molecular flexibility index (Phi) is 4.65. The van der Waals surface area contributed by atoms with Crippen LogP contribution < -0.4 is 9.80 Å². The van der Waals surface area contributed by atoms with Gasteiger partial charge in [0.1, 0.15) is 22.2 Å². The number of aromatic nitrogens is 3. The minimum absolute atomic E-state index is 0.0714. The Labute approximate surface area is 172 Å². The normalized spacial score (nSPS) is 20.8. The molecule has 0 aromatic carbocycles. The van der Waals surface area contributed by atoms with Gasteiger partial charge in [-0.1, -0.05) is 0 Å². The second kappa shape index (κ2) is 7.33. The lowest BCUT2D eigenvalue weighted by molar-refractivity contribution is -0.120. The SMILES string of the molecule is CN1CCN(c2cc3sc(-c4ccc(N5CC[C@@H](O)C5)nc4)nc3cn2)C(=O)C1. The molecule has 1 amide bonds. The van der Waals surface area contributed by atoms with E-state index in [-0.39, 0.29) is 12.0 Å². The van der Waals surface area contributed by atoms with Crippen molar-refractivity contribution < 1.29 is 9.90 Å². The smallest absolute Gasteiger partial charge is 0.242 e. The number of likely N-dealkylation sites (N-methyl/N-ethyl adjacent to an activating group) is 1. The van der Waals surface area contributed by atoms with E-state index in [1.165, 1.54) is 0 Å². The largest absolute Gasteiger partial charge is 0.391 e. The summed E-state index contributed by atoms with van der Waals surface area (Å²) in [4.78, 5) is 31.9. The summed E-state index contributed by atoms with van der Waals surface area (Å²) in [5.41, 5.74) is 1.77. The molecule has 8 nitrogen and oxygen atoms in total. The Morgan fingerprint density at radius 3 is 2.72 bits per heavy atom. The first kappa shape index (κ1) is 18.4.